The smallest absolute Gasteiger partial charge is 0.407 e. The number of rotatable bonds is 8. The van der Waals surface area contributed by atoms with Crippen LogP contribution in [0.2, 0.25) is 0 Å². The minimum atomic E-state index is -0.633. The molecule has 3 atom stereocenters. The number of ether oxygens (including phenoxy) is 2. The Morgan fingerprint density at radius 2 is 1.97 bits per heavy atom. The van der Waals surface area contributed by atoms with Crippen LogP contribution in [0.1, 0.15) is 33.6 Å². The maximum absolute atomic E-state index is 12.1. The molecule has 1 fully saturated rings. The number of nitrogens with one attached hydrogen (secondary N) is 2. The number of nitro groups is 1. The second-order valence-electron chi connectivity index (χ2n) is 7.63. The van der Waals surface area contributed by atoms with Gasteiger partial charge in [-0.15, -0.1) is 11.8 Å². The Bertz CT molecular complexity index is 752. The minimum absolute atomic E-state index is 0.0270. The van der Waals surface area contributed by atoms with E-state index in [1.807, 2.05) is 0 Å². The number of nitrogens with zero attached hydrogens (tertiary/aromatic N) is 1. The molecule has 1 saturated heterocycles. The second-order valence-corrected chi connectivity index (χ2v) is 9.02. The first-order valence-electron chi connectivity index (χ1n) is 9.32. The highest BCUT2D eigenvalue weighted by Crippen LogP contribution is 2.40. The number of alkyl carbamates (subject to hydrolysis) is 1. The lowest BCUT2D eigenvalue weighted by atomic mass is 10.0. The van der Waals surface area contributed by atoms with Gasteiger partial charge < -0.3 is 20.1 Å². The van der Waals surface area contributed by atoms with Crippen molar-refractivity contribution in [1.29, 1.82) is 0 Å². The van der Waals surface area contributed by atoms with E-state index in [9.17, 15) is 19.7 Å². The van der Waals surface area contributed by atoms with Gasteiger partial charge in [0, 0.05) is 17.9 Å². The van der Waals surface area contributed by atoms with Crippen LogP contribution in [-0.4, -0.2) is 52.8 Å². The number of carbonyl (C=O) groups excluding carboxylic acids is 2. The van der Waals surface area contributed by atoms with E-state index in [0.29, 0.717) is 25.1 Å². The second kappa shape index (κ2) is 9.82. The SMILES string of the molecule is COC(=O)C1SC(CCCNc2ccccc2[N+](=O)[O-])C1NC(=O)OC(C)(C)C. The van der Waals surface area contributed by atoms with Crippen molar-refractivity contribution in [2.24, 2.45) is 0 Å². The summed E-state index contributed by atoms with van der Waals surface area (Å²) in [6.45, 7) is 5.84. The van der Waals surface area contributed by atoms with E-state index in [1.165, 1.54) is 24.9 Å². The van der Waals surface area contributed by atoms with Gasteiger partial charge in [-0.2, -0.15) is 0 Å². The van der Waals surface area contributed by atoms with Gasteiger partial charge in [0.2, 0.25) is 0 Å². The average Bonchev–Trinajstić information content (AvgIpc) is 2.63. The zero-order valence-corrected chi connectivity index (χ0v) is 17.8. The standard InChI is InChI=1S/C19H27N3O6S/c1-19(2,3)28-18(24)21-15-14(29-16(15)17(23)27-4)10-7-11-20-12-8-5-6-9-13(12)22(25)26/h5-6,8-9,14-16,20H,7,10-11H2,1-4H3,(H,21,24). The summed E-state index contributed by atoms with van der Waals surface area (Å²) < 4.78 is 10.1. The molecule has 10 heteroatoms. The number of hydrogen-bond donors (Lipinski definition) is 2. The van der Waals surface area contributed by atoms with Crippen LogP contribution < -0.4 is 10.6 Å². The monoisotopic (exact) mass is 425 g/mol. The molecule has 1 aliphatic heterocycles. The molecule has 2 N–H and O–H groups in total. The van der Waals surface area contributed by atoms with Crippen molar-refractivity contribution in [3.05, 3.63) is 34.4 Å². The molecule has 9 nitrogen and oxygen atoms in total. The third-order valence-electron chi connectivity index (χ3n) is 4.25. The van der Waals surface area contributed by atoms with Gasteiger partial charge in [0.05, 0.1) is 18.1 Å². The Labute approximate surface area is 174 Å². The summed E-state index contributed by atoms with van der Waals surface area (Å²) in [6.07, 6.45) is 0.857. The zero-order valence-electron chi connectivity index (χ0n) is 17.0. The third-order valence-corrected chi connectivity index (χ3v) is 5.90. The molecule has 1 heterocycles. The topological polar surface area (TPSA) is 120 Å². The van der Waals surface area contributed by atoms with Crippen molar-refractivity contribution in [2.45, 2.75) is 55.8 Å². The van der Waals surface area contributed by atoms with Crippen LogP contribution in [0.4, 0.5) is 16.2 Å². The Morgan fingerprint density at radius 3 is 2.59 bits per heavy atom. The van der Waals surface area contributed by atoms with E-state index in [4.69, 9.17) is 9.47 Å². The number of thioether (sulfide) groups is 1. The number of hydrogen-bond acceptors (Lipinski definition) is 8. The number of anilines is 1. The summed E-state index contributed by atoms with van der Waals surface area (Å²) in [5.74, 6) is -0.384. The van der Waals surface area contributed by atoms with Crippen LogP contribution >= 0.6 is 11.8 Å². The lowest BCUT2D eigenvalue weighted by molar-refractivity contribution is -0.384. The quantitative estimate of drug-likeness (QED) is 0.282. The largest absolute Gasteiger partial charge is 0.468 e. The Hall–Kier alpha value is -2.49. The summed E-state index contributed by atoms with van der Waals surface area (Å²) in [5, 5.41) is 16.5. The highest BCUT2D eigenvalue weighted by atomic mass is 32.2. The van der Waals surface area contributed by atoms with Crippen LogP contribution in [0.15, 0.2) is 24.3 Å². The van der Waals surface area contributed by atoms with Crippen molar-refractivity contribution in [3.63, 3.8) is 0 Å². The number of methoxy groups -OCH3 is 1. The zero-order chi connectivity index (χ0) is 21.6. The molecular formula is C19H27N3O6S. The maximum atomic E-state index is 12.1. The lowest BCUT2D eigenvalue weighted by Crippen LogP contribution is -2.60. The maximum Gasteiger partial charge on any atom is 0.407 e. The molecule has 160 valence electrons. The van der Waals surface area contributed by atoms with Crippen LogP contribution in [0.3, 0.4) is 0 Å². The van der Waals surface area contributed by atoms with Gasteiger partial charge in [-0.3, -0.25) is 14.9 Å². The molecular weight excluding hydrogens is 398 g/mol. The van der Waals surface area contributed by atoms with Gasteiger partial charge in [0.25, 0.3) is 5.69 Å². The van der Waals surface area contributed by atoms with Crippen molar-refractivity contribution >= 4 is 35.2 Å². The van der Waals surface area contributed by atoms with Gasteiger partial charge in [0.15, 0.2) is 0 Å². The average molecular weight is 426 g/mol. The van der Waals surface area contributed by atoms with Crippen molar-refractivity contribution in [3.8, 4) is 0 Å². The van der Waals surface area contributed by atoms with Gasteiger partial charge in [0.1, 0.15) is 16.5 Å². The van der Waals surface area contributed by atoms with Crippen molar-refractivity contribution in [2.75, 3.05) is 19.0 Å². The molecule has 29 heavy (non-hydrogen) atoms. The van der Waals surface area contributed by atoms with Gasteiger partial charge in [-0.1, -0.05) is 12.1 Å². The van der Waals surface area contributed by atoms with Gasteiger partial charge in [-0.05, 0) is 39.7 Å². The number of para-hydroxylation sites is 2. The molecule has 1 amide bonds. The molecule has 0 aromatic heterocycles. The van der Waals surface area contributed by atoms with E-state index in [1.54, 1.807) is 39.0 Å². The first kappa shape index (κ1) is 22.8. The molecule has 0 aliphatic carbocycles. The van der Waals surface area contributed by atoms with Crippen LogP contribution in [0.25, 0.3) is 0 Å². The molecule has 1 aliphatic rings. The highest BCUT2D eigenvalue weighted by molar-refractivity contribution is 8.02. The Balaban J connectivity index is 1.88. The molecule has 2 rings (SSSR count). The molecule has 1 aromatic carbocycles. The molecule has 0 spiro atoms. The summed E-state index contributed by atoms with van der Waals surface area (Å²) >= 11 is 1.45. The summed E-state index contributed by atoms with van der Waals surface area (Å²) in [4.78, 5) is 34.7. The fraction of sp³-hybridized carbons (Fsp3) is 0.579. The lowest BCUT2D eigenvalue weighted by Gasteiger charge is -2.42. The first-order valence-corrected chi connectivity index (χ1v) is 10.3. The van der Waals surface area contributed by atoms with E-state index < -0.39 is 21.9 Å². The number of benzene rings is 1. The van der Waals surface area contributed by atoms with E-state index in [0.717, 1.165) is 0 Å². The molecule has 0 bridgehead atoms. The van der Waals surface area contributed by atoms with Crippen LogP contribution in [-0.2, 0) is 14.3 Å². The normalized spacial score (nSPS) is 20.9. The third kappa shape index (κ3) is 6.52. The predicted molar refractivity (Wildman–Crippen MR) is 111 cm³/mol. The molecule has 1 aromatic rings. The highest BCUT2D eigenvalue weighted by Gasteiger charge is 2.47. The number of carbonyl (C=O) groups is 2. The van der Waals surface area contributed by atoms with Gasteiger partial charge in [-0.25, -0.2) is 4.79 Å². The van der Waals surface area contributed by atoms with E-state index >= 15 is 0 Å². The van der Waals surface area contributed by atoms with Gasteiger partial charge >= 0.3 is 12.1 Å². The van der Waals surface area contributed by atoms with Crippen LogP contribution in [0, 0.1) is 10.1 Å². The summed E-state index contributed by atoms with van der Waals surface area (Å²) in [7, 11) is 1.32. The number of nitro benzene ring substituents is 1. The number of esters is 1. The number of amides is 1. The fourth-order valence-corrected chi connectivity index (χ4v) is 4.39. The van der Waals surface area contributed by atoms with E-state index in [-0.39, 0.29) is 22.9 Å². The summed E-state index contributed by atoms with van der Waals surface area (Å²) in [5.41, 5.74) is -0.138. The molecule has 0 radical (unpaired) electrons. The Morgan fingerprint density at radius 1 is 1.28 bits per heavy atom. The van der Waals surface area contributed by atoms with Crippen LogP contribution in [0.5, 0.6) is 0 Å². The molecule has 0 saturated carbocycles. The first-order chi connectivity index (χ1) is 13.6. The van der Waals surface area contributed by atoms with Crippen molar-refractivity contribution in [1.82, 2.24) is 5.32 Å². The fourth-order valence-electron chi connectivity index (χ4n) is 2.95. The minimum Gasteiger partial charge on any atom is -0.468 e. The predicted octanol–water partition coefficient (Wildman–Crippen LogP) is 3.34. The molecule has 3 unspecified atom stereocenters. The van der Waals surface area contributed by atoms with Crippen molar-refractivity contribution < 1.29 is 24.0 Å². The van der Waals surface area contributed by atoms with E-state index in [2.05, 4.69) is 10.6 Å². The Kier molecular flexibility index (Phi) is 7.72. The summed E-state index contributed by atoms with van der Waals surface area (Å²) in [6, 6.07) is 6.09.